The van der Waals surface area contributed by atoms with Gasteiger partial charge in [-0.1, -0.05) is 57.2 Å². The molecule has 2 aliphatic rings. The molecule has 1 aliphatic heterocycles. The number of fused-ring (bicyclic) bond motifs is 6. The number of nitrogens with zero attached hydrogens (tertiary/aromatic N) is 4. The molecule has 3 aromatic heterocycles. The molecular formula is C43H36N4OPt. The van der Waals surface area contributed by atoms with Crippen LogP contribution in [0.2, 0.25) is 0 Å². The third kappa shape index (κ3) is 3.75. The maximum atomic E-state index is 8.67. The fraction of sp³-hybridized carbons (Fsp3) is 0.209. The number of aryl methyl sites for hydroxylation is 3. The molecule has 0 fully saturated rings. The number of imidazole rings is 2. The summed E-state index contributed by atoms with van der Waals surface area (Å²) in [5.41, 5.74) is 9.08. The van der Waals surface area contributed by atoms with E-state index >= 15 is 0 Å². The molecule has 49 heavy (non-hydrogen) atoms. The zero-order chi connectivity index (χ0) is 38.4. The van der Waals surface area contributed by atoms with Gasteiger partial charge in [-0.2, -0.15) is 0 Å². The number of para-hydroxylation sites is 2. The molecule has 1 atom stereocenters. The maximum Gasteiger partial charge on any atom is 0.0200 e. The predicted molar refractivity (Wildman–Crippen MR) is 195 cm³/mol. The van der Waals surface area contributed by atoms with Crippen LogP contribution in [0.25, 0.3) is 55.3 Å². The van der Waals surface area contributed by atoms with Crippen molar-refractivity contribution < 1.29 is 32.3 Å². The molecule has 0 N–H and O–H groups in total. The van der Waals surface area contributed by atoms with Gasteiger partial charge >= 0.3 is 197 Å². The van der Waals surface area contributed by atoms with Gasteiger partial charge in [0.05, 0.1) is 0 Å². The third-order valence-corrected chi connectivity index (χ3v) is 12.6. The van der Waals surface area contributed by atoms with Crippen LogP contribution in [-0.4, -0.2) is 18.5 Å². The molecule has 1 aliphatic carbocycles. The molecule has 6 heteroatoms. The van der Waals surface area contributed by atoms with E-state index in [1.807, 2.05) is 83.4 Å². The first-order valence-corrected chi connectivity index (χ1v) is 17.7. The number of benzene rings is 5. The van der Waals surface area contributed by atoms with Crippen LogP contribution in [0.5, 0.6) is 11.5 Å². The van der Waals surface area contributed by atoms with Gasteiger partial charge in [0, 0.05) is 20.5 Å². The Bertz CT molecular complexity index is 3020. The number of hydrogen-bond acceptors (Lipinski definition) is 2. The van der Waals surface area contributed by atoms with E-state index in [4.69, 9.17) is 17.9 Å². The first kappa shape index (κ1) is 23.6. The minimum Gasteiger partial charge on any atom is -0.0619 e. The van der Waals surface area contributed by atoms with Crippen LogP contribution in [0.4, 0.5) is 0 Å². The second-order valence-corrected chi connectivity index (χ2v) is 15.2. The Morgan fingerprint density at radius 3 is 2.51 bits per heavy atom. The maximum absolute atomic E-state index is 8.67. The Balaban J connectivity index is 1.22. The molecule has 0 radical (unpaired) electrons. The summed E-state index contributed by atoms with van der Waals surface area (Å²) in [5.74, 6) is 1.14. The van der Waals surface area contributed by atoms with Crippen molar-refractivity contribution in [3.05, 3.63) is 129 Å². The SMILES string of the molecule is [2H]C([2H])([2H])c1ccc2c3c1c1ccc(Oc4cccc(-n5[c](=[Pt])n(C([2H])([2H])[2H])c6ccccc65)c4)cc1c1nc4c(n13)C(C)(CCc1ccccc1-4)C2(C)C. The summed E-state index contributed by atoms with van der Waals surface area (Å²) in [6, 6.07) is 33.3. The topological polar surface area (TPSA) is 36.4 Å². The predicted octanol–water partition coefficient (Wildman–Crippen LogP) is 10.3. The Hall–Kier alpha value is -4.73. The largest absolute Gasteiger partial charge is 0.0619 e. The van der Waals surface area contributed by atoms with Crippen molar-refractivity contribution in [2.24, 2.45) is 6.98 Å². The summed E-state index contributed by atoms with van der Waals surface area (Å²) in [4.78, 5) is 5.50. The molecule has 4 heterocycles. The van der Waals surface area contributed by atoms with Crippen LogP contribution in [-0.2, 0) is 43.6 Å². The van der Waals surface area contributed by atoms with Crippen molar-refractivity contribution in [3.8, 4) is 28.4 Å². The van der Waals surface area contributed by atoms with Crippen LogP contribution in [0.1, 0.15) is 57.8 Å². The summed E-state index contributed by atoms with van der Waals surface area (Å²) < 4.78 is 63.4. The van der Waals surface area contributed by atoms with E-state index < -0.39 is 13.8 Å². The van der Waals surface area contributed by atoms with E-state index in [9.17, 15) is 0 Å². The first-order chi connectivity index (χ1) is 26.1. The fourth-order valence-corrected chi connectivity index (χ4v) is 9.51. The number of rotatable bonds is 3. The van der Waals surface area contributed by atoms with Gasteiger partial charge in [0.2, 0.25) is 0 Å². The molecule has 5 nitrogen and oxygen atoms in total. The monoisotopic (exact) mass is 825 g/mol. The standard InChI is InChI=1S/C43H36N4O.Pt/c1-26-17-20-34-39-37(26)32-19-18-30(48-29-13-10-12-28(23-29)46-25-45(5)35-15-8-9-16-36(35)46)24-33(32)41-44-38-31-14-7-6-11-27(31)21-22-43(4,42(34,2)3)40(38)47(39)41;/h6-20,23-24H,21-22H2,1-5H3;/i1D3,5D3;. The molecule has 0 spiro atoms. The molecule has 1 unspecified atom stereocenters. The van der Waals surface area contributed by atoms with E-state index in [1.54, 1.807) is 0 Å². The molecule has 244 valence electrons. The summed E-state index contributed by atoms with van der Waals surface area (Å²) in [7, 11) is 0. The van der Waals surface area contributed by atoms with Crippen LogP contribution in [0.15, 0.2) is 103 Å². The van der Waals surface area contributed by atoms with E-state index in [0.29, 0.717) is 26.4 Å². The van der Waals surface area contributed by atoms with Crippen molar-refractivity contribution in [2.75, 3.05) is 0 Å². The Morgan fingerprint density at radius 1 is 0.837 bits per heavy atom. The Morgan fingerprint density at radius 2 is 1.65 bits per heavy atom. The molecular weight excluding hydrogens is 784 g/mol. The zero-order valence-electron chi connectivity index (χ0n) is 33.2. The van der Waals surface area contributed by atoms with Gasteiger partial charge in [-0.05, 0) is 30.8 Å². The zero-order valence-corrected chi connectivity index (χ0v) is 29.5. The second-order valence-electron chi connectivity index (χ2n) is 14.2. The van der Waals surface area contributed by atoms with Crippen molar-refractivity contribution >= 4 is 38.4 Å². The van der Waals surface area contributed by atoms with Crippen LogP contribution in [0, 0.1) is 10.7 Å². The van der Waals surface area contributed by atoms with Gasteiger partial charge < -0.3 is 0 Å². The number of aromatic nitrogens is 4. The molecule has 0 bridgehead atoms. The minimum absolute atomic E-state index is 0.303. The summed E-state index contributed by atoms with van der Waals surface area (Å²) in [5, 5.41) is 2.34. The van der Waals surface area contributed by atoms with Gasteiger partial charge in [-0.15, -0.1) is 0 Å². The van der Waals surface area contributed by atoms with Gasteiger partial charge in [-0.3, -0.25) is 0 Å². The minimum atomic E-state index is -2.36. The Labute approximate surface area is 304 Å². The third-order valence-electron chi connectivity index (χ3n) is 11.5. The summed E-state index contributed by atoms with van der Waals surface area (Å²) in [6.07, 6.45) is 1.83. The van der Waals surface area contributed by atoms with E-state index in [1.165, 1.54) is 10.1 Å². The van der Waals surface area contributed by atoms with Gasteiger partial charge in [0.1, 0.15) is 0 Å². The molecule has 0 amide bonds. The number of ether oxygens (including phenoxy) is 1. The van der Waals surface area contributed by atoms with E-state index in [-0.39, 0.29) is 10.8 Å². The van der Waals surface area contributed by atoms with Crippen molar-refractivity contribution in [3.63, 3.8) is 0 Å². The van der Waals surface area contributed by atoms with Crippen molar-refractivity contribution in [1.29, 1.82) is 0 Å². The Kier molecular flexibility index (Phi) is 4.78. The summed E-state index contributed by atoms with van der Waals surface area (Å²) >= 11 is 2.07. The second kappa shape index (κ2) is 9.92. The smallest absolute Gasteiger partial charge is 0.0200 e. The first-order valence-electron chi connectivity index (χ1n) is 19.6. The molecule has 0 saturated heterocycles. The molecule has 0 saturated carbocycles. The van der Waals surface area contributed by atoms with Gasteiger partial charge in [0.15, 0.2) is 0 Å². The van der Waals surface area contributed by atoms with Crippen molar-refractivity contribution in [1.82, 2.24) is 18.5 Å². The fourth-order valence-electron chi connectivity index (χ4n) is 8.67. The van der Waals surface area contributed by atoms with Crippen LogP contribution in [0.3, 0.4) is 0 Å². The van der Waals surface area contributed by atoms with Crippen molar-refractivity contribution in [2.45, 2.75) is 51.3 Å². The molecule has 10 rings (SSSR count). The number of hydrogen-bond donors (Lipinski definition) is 0. The van der Waals surface area contributed by atoms with E-state index in [2.05, 4.69) is 68.8 Å². The van der Waals surface area contributed by atoms with Crippen LogP contribution < -0.4 is 4.74 Å². The molecule has 5 aromatic carbocycles. The normalized spacial score (nSPS) is 20.0. The van der Waals surface area contributed by atoms with E-state index in [0.717, 1.165) is 73.9 Å². The average Bonchev–Trinajstić information content (AvgIpc) is 3.65. The summed E-state index contributed by atoms with van der Waals surface area (Å²) in [6.45, 7) is 2.24. The average molecular weight is 826 g/mol. The molecule has 8 aromatic rings. The van der Waals surface area contributed by atoms with Crippen LogP contribution >= 0.6 is 0 Å². The van der Waals surface area contributed by atoms with Gasteiger partial charge in [0.25, 0.3) is 0 Å². The number of pyridine rings is 1. The van der Waals surface area contributed by atoms with Gasteiger partial charge in [-0.25, -0.2) is 0 Å². The quantitative estimate of drug-likeness (QED) is 0.166.